The smallest absolute Gasteiger partial charge is 0.275 e. The number of rotatable bonds is 5. The highest BCUT2D eigenvalue weighted by molar-refractivity contribution is 6.03. The van der Waals surface area contributed by atoms with Gasteiger partial charge in [0.05, 0.1) is 12.0 Å². The lowest BCUT2D eigenvalue weighted by atomic mass is 10.3. The molecule has 2 rings (SSSR count). The minimum atomic E-state index is -0.351. The summed E-state index contributed by atoms with van der Waals surface area (Å²) in [6.45, 7) is -0.0903. The van der Waals surface area contributed by atoms with Crippen LogP contribution in [0.3, 0.4) is 0 Å². The van der Waals surface area contributed by atoms with Gasteiger partial charge in [-0.2, -0.15) is 0 Å². The highest BCUT2D eigenvalue weighted by Gasteiger charge is 2.12. The minimum Gasteiger partial charge on any atom is -0.483 e. The molecular formula is C13H15N5O3. The second-order valence-electron chi connectivity index (χ2n) is 4.25. The van der Waals surface area contributed by atoms with Crippen LogP contribution in [0.1, 0.15) is 10.5 Å². The summed E-state index contributed by atoms with van der Waals surface area (Å²) in [5.41, 5.74) is 6.11. The number of ether oxygens (including phenoxy) is 1. The lowest BCUT2D eigenvalue weighted by molar-refractivity contribution is 0.102. The molecule has 1 aromatic carbocycles. The monoisotopic (exact) mass is 289 g/mol. The first kappa shape index (κ1) is 14.4. The van der Waals surface area contributed by atoms with Gasteiger partial charge in [0.25, 0.3) is 5.91 Å². The second-order valence-corrected chi connectivity index (χ2v) is 4.25. The lowest BCUT2D eigenvalue weighted by Crippen LogP contribution is -2.21. The second kappa shape index (κ2) is 6.42. The summed E-state index contributed by atoms with van der Waals surface area (Å²) >= 11 is 0. The fourth-order valence-corrected chi connectivity index (χ4v) is 1.59. The van der Waals surface area contributed by atoms with Gasteiger partial charge in [0.15, 0.2) is 5.84 Å². The standard InChI is InChI=1S/C13H15N5O3/c1-18-6-10(15-8-18)13(19)16-9-4-2-3-5-11(9)21-7-12(14)17-20/h2-6,8,20H,7H2,1H3,(H2,14,17)(H,16,19). The van der Waals surface area contributed by atoms with Crippen molar-refractivity contribution in [3.05, 3.63) is 42.5 Å². The van der Waals surface area contributed by atoms with E-state index in [9.17, 15) is 4.79 Å². The van der Waals surface area contributed by atoms with Gasteiger partial charge in [0.2, 0.25) is 0 Å². The van der Waals surface area contributed by atoms with E-state index in [0.717, 1.165) is 0 Å². The van der Waals surface area contributed by atoms with Crippen LogP contribution in [-0.2, 0) is 7.05 Å². The van der Waals surface area contributed by atoms with Gasteiger partial charge in [-0.15, -0.1) is 0 Å². The molecule has 0 fully saturated rings. The number of hydrogen-bond donors (Lipinski definition) is 3. The summed E-state index contributed by atoms with van der Waals surface area (Å²) in [5, 5.41) is 14.0. The van der Waals surface area contributed by atoms with Crippen molar-refractivity contribution in [2.45, 2.75) is 0 Å². The average Bonchev–Trinajstić information content (AvgIpc) is 2.92. The van der Waals surface area contributed by atoms with Crippen molar-refractivity contribution in [3.63, 3.8) is 0 Å². The van der Waals surface area contributed by atoms with E-state index in [1.165, 1.54) is 6.33 Å². The predicted octanol–water partition coefficient (Wildman–Crippen LogP) is 0.798. The molecule has 1 amide bonds. The van der Waals surface area contributed by atoms with Gasteiger partial charge in [-0.05, 0) is 12.1 Å². The van der Waals surface area contributed by atoms with Gasteiger partial charge in [-0.25, -0.2) is 4.98 Å². The molecule has 2 aromatic rings. The average molecular weight is 289 g/mol. The SMILES string of the molecule is Cn1cnc(C(=O)Nc2ccccc2OC/C(N)=N/O)c1. The number of benzene rings is 1. The summed E-state index contributed by atoms with van der Waals surface area (Å²) in [6, 6.07) is 6.85. The maximum atomic E-state index is 12.0. The molecule has 110 valence electrons. The fraction of sp³-hybridized carbons (Fsp3) is 0.154. The zero-order valence-corrected chi connectivity index (χ0v) is 11.4. The first-order valence-corrected chi connectivity index (χ1v) is 6.07. The Balaban J connectivity index is 2.11. The van der Waals surface area contributed by atoms with Gasteiger partial charge in [0.1, 0.15) is 18.1 Å². The lowest BCUT2D eigenvalue weighted by Gasteiger charge is -2.11. The van der Waals surface area contributed by atoms with Gasteiger partial charge in [-0.3, -0.25) is 4.79 Å². The van der Waals surface area contributed by atoms with Crippen LogP contribution in [0.25, 0.3) is 0 Å². The van der Waals surface area contributed by atoms with Crippen molar-refractivity contribution < 1.29 is 14.7 Å². The number of carbonyl (C=O) groups excluding carboxylic acids is 1. The van der Waals surface area contributed by atoms with Gasteiger partial charge >= 0.3 is 0 Å². The molecule has 0 aliphatic carbocycles. The predicted molar refractivity (Wildman–Crippen MR) is 76.5 cm³/mol. The van der Waals surface area contributed by atoms with Crippen molar-refractivity contribution in [3.8, 4) is 5.75 Å². The van der Waals surface area contributed by atoms with E-state index < -0.39 is 0 Å². The zero-order chi connectivity index (χ0) is 15.2. The third-order valence-corrected chi connectivity index (χ3v) is 2.58. The largest absolute Gasteiger partial charge is 0.483 e. The molecule has 1 heterocycles. The Kier molecular flexibility index (Phi) is 4.39. The summed E-state index contributed by atoms with van der Waals surface area (Å²) in [6.07, 6.45) is 3.14. The maximum Gasteiger partial charge on any atom is 0.275 e. The molecule has 0 atom stereocenters. The van der Waals surface area contributed by atoms with E-state index in [2.05, 4.69) is 15.5 Å². The number of carbonyl (C=O) groups is 1. The summed E-state index contributed by atoms with van der Waals surface area (Å²) in [7, 11) is 1.78. The Morgan fingerprint density at radius 3 is 2.95 bits per heavy atom. The molecule has 1 aromatic heterocycles. The van der Waals surface area contributed by atoms with Crippen LogP contribution in [0.2, 0.25) is 0 Å². The van der Waals surface area contributed by atoms with Crippen LogP contribution < -0.4 is 15.8 Å². The third-order valence-electron chi connectivity index (χ3n) is 2.58. The van der Waals surface area contributed by atoms with E-state index in [1.807, 2.05) is 0 Å². The summed E-state index contributed by atoms with van der Waals surface area (Å²) in [4.78, 5) is 16.0. The van der Waals surface area contributed by atoms with Gasteiger partial charge < -0.3 is 25.6 Å². The van der Waals surface area contributed by atoms with E-state index >= 15 is 0 Å². The Hall–Kier alpha value is -3.03. The Morgan fingerprint density at radius 1 is 1.52 bits per heavy atom. The number of oxime groups is 1. The molecule has 21 heavy (non-hydrogen) atoms. The highest BCUT2D eigenvalue weighted by Crippen LogP contribution is 2.24. The minimum absolute atomic E-state index is 0.0687. The van der Waals surface area contributed by atoms with E-state index in [1.54, 1.807) is 42.1 Å². The number of amidine groups is 1. The Bertz CT molecular complexity index is 665. The Morgan fingerprint density at radius 2 is 2.29 bits per heavy atom. The molecule has 0 unspecified atom stereocenters. The van der Waals surface area contributed by atoms with Crippen molar-refractivity contribution in [2.24, 2.45) is 17.9 Å². The molecule has 0 saturated carbocycles. The molecule has 0 bridgehead atoms. The van der Waals surface area contributed by atoms with Crippen LogP contribution >= 0.6 is 0 Å². The Labute approximate surface area is 120 Å². The molecule has 8 nitrogen and oxygen atoms in total. The molecule has 0 saturated heterocycles. The van der Waals surface area contributed by atoms with E-state index in [4.69, 9.17) is 15.7 Å². The first-order valence-electron chi connectivity index (χ1n) is 6.07. The van der Waals surface area contributed by atoms with Crippen molar-refractivity contribution in [2.75, 3.05) is 11.9 Å². The summed E-state index contributed by atoms with van der Waals surface area (Å²) < 4.78 is 7.05. The number of nitrogens with two attached hydrogens (primary N) is 1. The molecule has 0 radical (unpaired) electrons. The summed E-state index contributed by atoms with van der Waals surface area (Å²) in [5.74, 6) is -0.00955. The molecule has 8 heteroatoms. The fourth-order valence-electron chi connectivity index (χ4n) is 1.59. The molecule has 0 aliphatic heterocycles. The maximum absolute atomic E-state index is 12.0. The van der Waals surface area contributed by atoms with Crippen LogP contribution in [0.15, 0.2) is 41.9 Å². The van der Waals surface area contributed by atoms with Crippen molar-refractivity contribution in [1.29, 1.82) is 0 Å². The number of para-hydroxylation sites is 2. The first-order chi connectivity index (χ1) is 10.1. The van der Waals surface area contributed by atoms with Crippen LogP contribution in [0.5, 0.6) is 5.75 Å². The zero-order valence-electron chi connectivity index (χ0n) is 11.4. The topological polar surface area (TPSA) is 115 Å². The third kappa shape index (κ3) is 3.72. The number of amides is 1. The molecule has 0 spiro atoms. The van der Waals surface area contributed by atoms with E-state index in [-0.39, 0.29) is 18.3 Å². The number of nitrogens with one attached hydrogen (secondary N) is 1. The van der Waals surface area contributed by atoms with Gasteiger partial charge in [0, 0.05) is 13.2 Å². The van der Waals surface area contributed by atoms with Crippen LogP contribution in [-0.4, -0.2) is 33.1 Å². The van der Waals surface area contributed by atoms with Crippen molar-refractivity contribution in [1.82, 2.24) is 9.55 Å². The molecule has 0 aliphatic rings. The number of aryl methyl sites for hydroxylation is 1. The highest BCUT2D eigenvalue weighted by atomic mass is 16.5. The molecular weight excluding hydrogens is 274 g/mol. The normalized spacial score (nSPS) is 11.2. The number of nitrogens with zero attached hydrogens (tertiary/aromatic N) is 3. The molecule has 4 N–H and O–H groups in total. The number of hydrogen-bond acceptors (Lipinski definition) is 5. The number of imidazole rings is 1. The van der Waals surface area contributed by atoms with Crippen LogP contribution in [0, 0.1) is 0 Å². The number of anilines is 1. The van der Waals surface area contributed by atoms with Crippen LogP contribution in [0.4, 0.5) is 5.69 Å². The van der Waals surface area contributed by atoms with E-state index in [0.29, 0.717) is 17.1 Å². The van der Waals surface area contributed by atoms with Gasteiger partial charge in [-0.1, -0.05) is 17.3 Å². The number of aromatic nitrogens is 2. The quantitative estimate of drug-likeness (QED) is 0.326. The van der Waals surface area contributed by atoms with Crippen molar-refractivity contribution >= 4 is 17.4 Å².